The molecule has 3 aromatic rings. The van der Waals surface area contributed by atoms with E-state index in [0.717, 1.165) is 5.56 Å². The van der Waals surface area contributed by atoms with Crippen LogP contribution in [-0.4, -0.2) is 23.7 Å². The highest BCUT2D eigenvalue weighted by Crippen LogP contribution is 2.28. The number of carbonyl (C=O) groups is 2. The van der Waals surface area contributed by atoms with E-state index in [1.165, 1.54) is 11.7 Å². The van der Waals surface area contributed by atoms with Gasteiger partial charge in [-0.25, -0.2) is 4.79 Å². The van der Waals surface area contributed by atoms with E-state index in [9.17, 15) is 14.4 Å². The monoisotopic (exact) mass is 422 g/mol. The first-order valence-electron chi connectivity index (χ1n) is 9.50. The van der Waals surface area contributed by atoms with Crippen LogP contribution in [0.3, 0.4) is 0 Å². The molecule has 0 saturated carbocycles. The summed E-state index contributed by atoms with van der Waals surface area (Å²) in [5.74, 6) is 0.0127. The van der Waals surface area contributed by atoms with E-state index in [0.29, 0.717) is 11.4 Å². The van der Waals surface area contributed by atoms with Gasteiger partial charge in [0.25, 0.3) is 5.56 Å². The molecule has 31 heavy (non-hydrogen) atoms. The molecule has 0 aliphatic heterocycles. The Morgan fingerprint density at radius 3 is 2.29 bits per heavy atom. The van der Waals surface area contributed by atoms with E-state index in [-0.39, 0.29) is 24.6 Å². The molecular formula is C23H22N2O6. The molecule has 3 rings (SSSR count). The zero-order valence-corrected chi connectivity index (χ0v) is 17.2. The minimum absolute atomic E-state index is 0.0315. The second-order valence-corrected chi connectivity index (χ2v) is 6.59. The van der Waals surface area contributed by atoms with E-state index in [4.69, 9.17) is 9.47 Å². The van der Waals surface area contributed by atoms with Crippen LogP contribution in [0.5, 0.6) is 11.5 Å². The minimum Gasteiger partial charge on any atom is -0.468 e. The van der Waals surface area contributed by atoms with Crippen LogP contribution in [0.1, 0.15) is 11.3 Å². The molecule has 0 spiro atoms. The smallest absolute Gasteiger partial charge is 0.412 e. The average Bonchev–Trinajstić information content (AvgIpc) is 2.79. The summed E-state index contributed by atoms with van der Waals surface area (Å²) in [6, 6.07) is 19.5. The molecule has 0 atom stereocenters. The number of ether oxygens (including phenoxy) is 3. The summed E-state index contributed by atoms with van der Waals surface area (Å²) < 4.78 is 16.9. The van der Waals surface area contributed by atoms with Crippen molar-refractivity contribution in [2.45, 2.75) is 20.1 Å². The lowest BCUT2D eigenvalue weighted by Gasteiger charge is -2.16. The molecule has 0 fully saturated rings. The molecule has 160 valence electrons. The van der Waals surface area contributed by atoms with Crippen LogP contribution in [0, 0.1) is 6.92 Å². The number of carbonyl (C=O) groups excluding carboxylic acids is 2. The average molecular weight is 422 g/mol. The van der Waals surface area contributed by atoms with E-state index in [1.807, 2.05) is 36.4 Å². The second kappa shape index (κ2) is 10.1. The van der Waals surface area contributed by atoms with Crippen LogP contribution in [-0.2, 0) is 27.4 Å². The number of rotatable bonds is 7. The van der Waals surface area contributed by atoms with Crippen molar-refractivity contribution >= 4 is 17.7 Å². The Labute approximate surface area is 179 Å². The molecule has 0 saturated heterocycles. The van der Waals surface area contributed by atoms with Crippen molar-refractivity contribution in [1.82, 2.24) is 4.57 Å². The zero-order valence-electron chi connectivity index (χ0n) is 17.2. The van der Waals surface area contributed by atoms with Gasteiger partial charge in [0.15, 0.2) is 11.4 Å². The summed E-state index contributed by atoms with van der Waals surface area (Å²) >= 11 is 0. The molecule has 1 aromatic heterocycles. The number of anilines is 1. The number of aromatic nitrogens is 1. The lowest BCUT2D eigenvalue weighted by molar-refractivity contribution is -0.141. The largest absolute Gasteiger partial charge is 0.468 e. The summed E-state index contributed by atoms with van der Waals surface area (Å²) in [5, 5.41) is 2.46. The standard InChI is InChI=1S/C23H22N2O6/c1-16-13-19(31-18-11-7-4-8-12-18)21(22(27)25(16)14-20(26)29-2)24-23(28)30-15-17-9-5-3-6-10-17/h3-13H,14-15H2,1-2H3,(H,24,28). The van der Waals surface area contributed by atoms with Crippen LogP contribution in [0.4, 0.5) is 10.5 Å². The highest BCUT2D eigenvalue weighted by Gasteiger charge is 2.19. The molecule has 1 amide bonds. The Morgan fingerprint density at radius 1 is 1.00 bits per heavy atom. The van der Waals surface area contributed by atoms with Crippen molar-refractivity contribution in [2.75, 3.05) is 12.4 Å². The topological polar surface area (TPSA) is 95.9 Å². The number of pyridine rings is 1. The van der Waals surface area contributed by atoms with Crippen LogP contribution in [0.2, 0.25) is 0 Å². The number of nitrogens with one attached hydrogen (secondary N) is 1. The van der Waals surface area contributed by atoms with Gasteiger partial charge in [0.1, 0.15) is 18.9 Å². The minimum atomic E-state index is -0.827. The molecular weight excluding hydrogens is 400 g/mol. The Morgan fingerprint density at radius 2 is 1.65 bits per heavy atom. The second-order valence-electron chi connectivity index (χ2n) is 6.59. The number of methoxy groups -OCH3 is 1. The van der Waals surface area contributed by atoms with E-state index < -0.39 is 17.6 Å². The number of aryl methyl sites for hydroxylation is 1. The number of amides is 1. The predicted octanol–water partition coefficient (Wildman–Crippen LogP) is 3.87. The number of hydrogen-bond donors (Lipinski definition) is 1. The quantitative estimate of drug-likeness (QED) is 0.581. The SMILES string of the molecule is COC(=O)Cn1c(C)cc(Oc2ccccc2)c(NC(=O)OCc2ccccc2)c1=O. The Hall–Kier alpha value is -4.07. The molecule has 1 heterocycles. The predicted molar refractivity (Wildman–Crippen MR) is 114 cm³/mol. The summed E-state index contributed by atoms with van der Waals surface area (Å²) in [6.07, 6.45) is -0.827. The Kier molecular flexibility index (Phi) is 7.05. The highest BCUT2D eigenvalue weighted by molar-refractivity contribution is 5.86. The summed E-state index contributed by atoms with van der Waals surface area (Å²) in [6.45, 7) is 1.38. The lowest BCUT2D eigenvalue weighted by Crippen LogP contribution is -2.30. The Balaban J connectivity index is 1.90. The van der Waals surface area contributed by atoms with E-state index in [1.54, 1.807) is 37.3 Å². The highest BCUT2D eigenvalue weighted by atomic mass is 16.5. The molecule has 8 nitrogen and oxygen atoms in total. The maximum Gasteiger partial charge on any atom is 0.412 e. The van der Waals surface area contributed by atoms with Gasteiger partial charge in [-0.3, -0.25) is 19.5 Å². The summed E-state index contributed by atoms with van der Waals surface area (Å²) in [5.41, 5.74) is 0.499. The van der Waals surface area contributed by atoms with Gasteiger partial charge in [0.05, 0.1) is 7.11 Å². The van der Waals surface area contributed by atoms with Gasteiger partial charge >= 0.3 is 12.1 Å². The fourth-order valence-corrected chi connectivity index (χ4v) is 2.80. The fourth-order valence-electron chi connectivity index (χ4n) is 2.80. The third-order valence-corrected chi connectivity index (χ3v) is 4.40. The number of benzene rings is 2. The number of hydrogen-bond acceptors (Lipinski definition) is 6. The fraction of sp³-hybridized carbons (Fsp3) is 0.174. The van der Waals surface area contributed by atoms with Crippen LogP contribution < -0.4 is 15.6 Å². The first kappa shape index (κ1) is 21.6. The molecule has 0 aliphatic rings. The summed E-state index contributed by atoms with van der Waals surface area (Å²) in [4.78, 5) is 37.2. The number of para-hydroxylation sites is 1. The van der Waals surface area contributed by atoms with Gasteiger partial charge in [0, 0.05) is 11.8 Å². The summed E-state index contributed by atoms with van der Waals surface area (Å²) in [7, 11) is 1.23. The molecule has 0 bridgehead atoms. The van der Waals surface area contributed by atoms with Crippen LogP contribution >= 0.6 is 0 Å². The van der Waals surface area contributed by atoms with E-state index >= 15 is 0 Å². The van der Waals surface area contributed by atoms with E-state index in [2.05, 4.69) is 10.1 Å². The lowest BCUT2D eigenvalue weighted by atomic mass is 10.2. The van der Waals surface area contributed by atoms with Crippen molar-refractivity contribution in [2.24, 2.45) is 0 Å². The molecule has 8 heteroatoms. The molecule has 0 aliphatic carbocycles. The third kappa shape index (κ3) is 5.72. The first-order chi connectivity index (χ1) is 15.0. The normalized spacial score (nSPS) is 10.3. The van der Waals surface area contributed by atoms with Crippen molar-refractivity contribution in [3.05, 3.63) is 88.3 Å². The van der Waals surface area contributed by atoms with Gasteiger partial charge in [-0.05, 0) is 24.6 Å². The molecule has 0 unspecified atom stereocenters. The first-order valence-corrected chi connectivity index (χ1v) is 9.50. The van der Waals surface area contributed by atoms with Crippen LogP contribution in [0.25, 0.3) is 0 Å². The van der Waals surface area contributed by atoms with Crippen molar-refractivity contribution in [3.63, 3.8) is 0 Å². The zero-order chi connectivity index (χ0) is 22.2. The Bertz CT molecular complexity index is 1110. The molecule has 2 aromatic carbocycles. The molecule has 0 radical (unpaired) electrons. The molecule has 1 N–H and O–H groups in total. The van der Waals surface area contributed by atoms with Gasteiger partial charge < -0.3 is 14.2 Å². The van der Waals surface area contributed by atoms with Crippen molar-refractivity contribution in [1.29, 1.82) is 0 Å². The van der Waals surface area contributed by atoms with Crippen molar-refractivity contribution < 1.29 is 23.8 Å². The van der Waals surface area contributed by atoms with Gasteiger partial charge in [-0.1, -0.05) is 48.5 Å². The van der Waals surface area contributed by atoms with Gasteiger partial charge in [0.2, 0.25) is 0 Å². The van der Waals surface area contributed by atoms with Gasteiger partial charge in [-0.15, -0.1) is 0 Å². The van der Waals surface area contributed by atoms with Crippen molar-refractivity contribution in [3.8, 4) is 11.5 Å². The number of nitrogens with zero attached hydrogens (tertiary/aromatic N) is 1. The maximum absolute atomic E-state index is 13.1. The van der Waals surface area contributed by atoms with Gasteiger partial charge in [-0.2, -0.15) is 0 Å². The number of esters is 1. The maximum atomic E-state index is 13.1. The van der Waals surface area contributed by atoms with Crippen LogP contribution in [0.15, 0.2) is 71.5 Å². The third-order valence-electron chi connectivity index (χ3n) is 4.40.